The van der Waals surface area contributed by atoms with E-state index in [0.717, 1.165) is 19.1 Å². The van der Waals surface area contributed by atoms with Crippen LogP contribution >= 0.6 is 11.5 Å². The quantitative estimate of drug-likeness (QED) is 0.892. The van der Waals surface area contributed by atoms with Gasteiger partial charge in [0.05, 0.1) is 6.26 Å². The smallest absolute Gasteiger partial charge is 0.347 e. The molecule has 11 heteroatoms. The zero-order valence-electron chi connectivity index (χ0n) is 11.2. The molecule has 0 radical (unpaired) electrons. The monoisotopic (exact) mass is 344 g/mol. The van der Waals surface area contributed by atoms with Crippen molar-refractivity contribution >= 4 is 26.7 Å². The fraction of sp³-hybridized carbons (Fsp3) is 0.800. The molecule has 1 aromatic heterocycles. The molecule has 0 amide bonds. The maximum Gasteiger partial charge on any atom is 0.452 e. The lowest BCUT2D eigenvalue weighted by molar-refractivity contribution is -0.144. The molecule has 2 heterocycles. The summed E-state index contributed by atoms with van der Waals surface area (Å²) < 4.78 is 65.3. The van der Waals surface area contributed by atoms with E-state index in [1.807, 2.05) is 0 Å². The van der Waals surface area contributed by atoms with Crippen molar-refractivity contribution in [3.63, 3.8) is 0 Å². The highest BCUT2D eigenvalue weighted by Crippen LogP contribution is 2.31. The summed E-state index contributed by atoms with van der Waals surface area (Å²) in [6, 6.07) is 0. The van der Waals surface area contributed by atoms with Gasteiger partial charge in [0.2, 0.25) is 21.0 Å². The van der Waals surface area contributed by atoms with Crippen LogP contribution in [0.4, 0.5) is 18.3 Å². The van der Waals surface area contributed by atoms with Crippen molar-refractivity contribution in [3.05, 3.63) is 5.82 Å². The summed E-state index contributed by atoms with van der Waals surface area (Å²) in [7, 11) is -3.26. The molecule has 0 spiro atoms. The van der Waals surface area contributed by atoms with Crippen molar-refractivity contribution in [1.29, 1.82) is 0 Å². The lowest BCUT2D eigenvalue weighted by Gasteiger charge is -2.32. The van der Waals surface area contributed by atoms with Crippen LogP contribution in [0, 0.1) is 5.92 Å². The number of halogens is 3. The maximum absolute atomic E-state index is 12.5. The minimum atomic E-state index is -4.54. The Morgan fingerprint density at radius 1 is 1.48 bits per heavy atom. The number of nitrogens with zero attached hydrogens (tertiary/aromatic N) is 3. The summed E-state index contributed by atoms with van der Waals surface area (Å²) in [6.45, 7) is 1.34. The van der Waals surface area contributed by atoms with Crippen LogP contribution in [-0.2, 0) is 16.2 Å². The Labute approximate surface area is 124 Å². The first-order valence-electron chi connectivity index (χ1n) is 6.25. The van der Waals surface area contributed by atoms with Crippen molar-refractivity contribution in [2.45, 2.75) is 19.0 Å². The van der Waals surface area contributed by atoms with E-state index in [2.05, 4.69) is 14.1 Å². The number of piperidine rings is 1. The van der Waals surface area contributed by atoms with Crippen molar-refractivity contribution in [3.8, 4) is 0 Å². The van der Waals surface area contributed by atoms with Gasteiger partial charge in [-0.1, -0.05) is 0 Å². The zero-order chi connectivity index (χ0) is 15.7. The van der Waals surface area contributed by atoms with Crippen LogP contribution in [0.1, 0.15) is 18.7 Å². The minimum absolute atomic E-state index is 0.0479. The number of anilines is 1. The third-order valence-corrected chi connectivity index (χ3v) is 4.56. The predicted molar refractivity (Wildman–Crippen MR) is 72.7 cm³/mol. The van der Waals surface area contributed by atoms with Gasteiger partial charge in [0.1, 0.15) is 0 Å². The molecule has 1 N–H and O–H groups in total. The molecule has 21 heavy (non-hydrogen) atoms. The van der Waals surface area contributed by atoms with E-state index in [9.17, 15) is 21.6 Å². The van der Waals surface area contributed by atoms with E-state index >= 15 is 0 Å². The SMILES string of the molecule is CS(=O)(=O)NC[C@H]1CCCN(c2nc(C(F)(F)F)ns2)C1. The highest BCUT2D eigenvalue weighted by Gasteiger charge is 2.37. The van der Waals surface area contributed by atoms with Gasteiger partial charge in [-0.25, -0.2) is 13.1 Å². The van der Waals surface area contributed by atoms with Crippen LogP contribution in [0.5, 0.6) is 0 Å². The van der Waals surface area contributed by atoms with E-state index in [4.69, 9.17) is 0 Å². The third kappa shape index (κ3) is 4.78. The molecule has 120 valence electrons. The summed E-state index contributed by atoms with van der Waals surface area (Å²) in [5.41, 5.74) is 0. The zero-order valence-corrected chi connectivity index (χ0v) is 12.9. The summed E-state index contributed by atoms with van der Waals surface area (Å²) in [6.07, 6.45) is -1.86. The first kappa shape index (κ1) is 16.4. The van der Waals surface area contributed by atoms with Gasteiger partial charge in [0.15, 0.2) is 0 Å². The van der Waals surface area contributed by atoms with E-state index in [1.165, 1.54) is 0 Å². The Bertz CT molecular complexity index is 587. The molecule has 1 saturated heterocycles. The Hall–Kier alpha value is -0.940. The first-order chi connectivity index (χ1) is 9.65. The number of rotatable bonds is 4. The molecule has 1 aromatic rings. The Kier molecular flexibility index (Phi) is 4.73. The van der Waals surface area contributed by atoms with Crippen LogP contribution < -0.4 is 9.62 Å². The molecule has 1 aliphatic heterocycles. The van der Waals surface area contributed by atoms with Gasteiger partial charge < -0.3 is 4.90 Å². The van der Waals surface area contributed by atoms with Crippen LogP contribution in [0.3, 0.4) is 0 Å². The summed E-state index contributed by atoms with van der Waals surface area (Å²) in [5, 5.41) is 0.228. The normalized spacial score (nSPS) is 20.8. The lowest BCUT2D eigenvalue weighted by atomic mass is 9.99. The van der Waals surface area contributed by atoms with Crippen molar-refractivity contribution in [2.24, 2.45) is 5.92 Å². The molecule has 0 unspecified atom stereocenters. The Morgan fingerprint density at radius 3 is 2.76 bits per heavy atom. The molecular weight excluding hydrogens is 329 g/mol. The highest BCUT2D eigenvalue weighted by molar-refractivity contribution is 7.88. The molecule has 2 rings (SSSR count). The Balaban J connectivity index is 1.99. The summed E-state index contributed by atoms with van der Waals surface area (Å²) in [5.74, 6) is -1.08. The molecule has 0 saturated carbocycles. The average Bonchev–Trinajstić information content (AvgIpc) is 2.85. The third-order valence-electron chi connectivity index (χ3n) is 3.09. The largest absolute Gasteiger partial charge is 0.452 e. The van der Waals surface area contributed by atoms with Gasteiger partial charge in [-0.15, -0.1) is 0 Å². The fourth-order valence-electron chi connectivity index (χ4n) is 2.13. The molecule has 1 atom stereocenters. The second kappa shape index (κ2) is 6.05. The van der Waals surface area contributed by atoms with Gasteiger partial charge in [0.25, 0.3) is 0 Å². The molecule has 0 bridgehead atoms. The van der Waals surface area contributed by atoms with Gasteiger partial charge in [-0.2, -0.15) is 22.5 Å². The van der Waals surface area contributed by atoms with Gasteiger partial charge >= 0.3 is 6.18 Å². The second-order valence-electron chi connectivity index (χ2n) is 4.97. The number of hydrogen-bond acceptors (Lipinski definition) is 6. The van der Waals surface area contributed by atoms with Crippen LogP contribution in [0.25, 0.3) is 0 Å². The van der Waals surface area contributed by atoms with Crippen LogP contribution in [0.2, 0.25) is 0 Å². The van der Waals surface area contributed by atoms with Crippen molar-refractivity contribution in [2.75, 3.05) is 30.8 Å². The first-order valence-corrected chi connectivity index (χ1v) is 8.92. The molecule has 0 aliphatic carbocycles. The number of hydrogen-bond donors (Lipinski definition) is 1. The Morgan fingerprint density at radius 2 is 2.19 bits per heavy atom. The van der Waals surface area contributed by atoms with Gasteiger partial charge in [-0.3, -0.25) is 0 Å². The van der Waals surface area contributed by atoms with E-state index in [0.29, 0.717) is 24.6 Å². The average molecular weight is 344 g/mol. The molecule has 1 aliphatic rings. The van der Waals surface area contributed by atoms with Crippen molar-refractivity contribution < 1.29 is 21.6 Å². The van der Waals surface area contributed by atoms with Crippen molar-refractivity contribution in [1.82, 2.24) is 14.1 Å². The standard InChI is InChI=1S/C10H15F3N4O2S2/c1-21(18,19)14-5-7-3-2-4-17(6-7)9-15-8(16-20-9)10(11,12)13/h7,14H,2-6H2,1H3/t7-/m1/s1. The minimum Gasteiger partial charge on any atom is -0.347 e. The fourth-order valence-corrected chi connectivity index (χ4v) is 3.39. The lowest BCUT2D eigenvalue weighted by Crippen LogP contribution is -2.40. The van der Waals surface area contributed by atoms with E-state index < -0.39 is 22.0 Å². The van der Waals surface area contributed by atoms with E-state index in [-0.39, 0.29) is 17.6 Å². The number of aromatic nitrogens is 2. The number of sulfonamides is 1. The van der Waals surface area contributed by atoms with E-state index in [1.54, 1.807) is 4.90 Å². The van der Waals surface area contributed by atoms with Gasteiger partial charge in [-0.05, 0) is 18.8 Å². The van der Waals surface area contributed by atoms with Crippen LogP contribution in [-0.4, -0.2) is 43.7 Å². The summed E-state index contributed by atoms with van der Waals surface area (Å²) >= 11 is 0.715. The predicted octanol–water partition coefficient (Wildman–Crippen LogP) is 1.32. The molecule has 1 fully saturated rings. The van der Waals surface area contributed by atoms with Crippen LogP contribution in [0.15, 0.2) is 0 Å². The topological polar surface area (TPSA) is 75.2 Å². The summed E-state index contributed by atoms with van der Waals surface area (Å²) in [4.78, 5) is 5.25. The highest BCUT2D eigenvalue weighted by atomic mass is 32.2. The maximum atomic E-state index is 12.5. The molecular formula is C10H15F3N4O2S2. The molecule has 6 nitrogen and oxygen atoms in total. The molecule has 0 aromatic carbocycles. The number of nitrogens with one attached hydrogen (secondary N) is 1. The number of alkyl halides is 3. The second-order valence-corrected chi connectivity index (χ2v) is 7.54. The van der Waals surface area contributed by atoms with Gasteiger partial charge in [0, 0.05) is 31.2 Å².